The van der Waals surface area contributed by atoms with E-state index < -0.39 is 36.0 Å². The summed E-state index contributed by atoms with van der Waals surface area (Å²) in [6, 6.07) is 11.5. The van der Waals surface area contributed by atoms with E-state index in [1.165, 1.54) is 12.1 Å². The first-order valence-electron chi connectivity index (χ1n) is 8.08. The lowest BCUT2D eigenvalue weighted by molar-refractivity contribution is -0.183. The summed E-state index contributed by atoms with van der Waals surface area (Å²) in [7, 11) is 0. The van der Waals surface area contributed by atoms with Crippen molar-refractivity contribution >= 4 is 39.6 Å². The summed E-state index contributed by atoms with van der Waals surface area (Å²) in [5, 5.41) is 39.6. The van der Waals surface area contributed by atoms with Gasteiger partial charge >= 0.3 is 17.9 Å². The fourth-order valence-electron chi connectivity index (χ4n) is 3.00. The SMILES string of the molecule is O=C(O)CC(Oc1cccc2ncc3ccccc3c12)(C(=O)O)C(O)C(=O)O. The third kappa shape index (κ3) is 3.19. The lowest BCUT2D eigenvalue weighted by Gasteiger charge is -2.31. The van der Waals surface area contributed by atoms with Crippen LogP contribution in [0.2, 0.25) is 0 Å². The van der Waals surface area contributed by atoms with Crippen LogP contribution in [0.5, 0.6) is 5.75 Å². The molecule has 9 nitrogen and oxygen atoms in total. The second-order valence-corrected chi connectivity index (χ2v) is 6.10. The summed E-state index contributed by atoms with van der Waals surface area (Å²) in [6.45, 7) is 0. The minimum Gasteiger partial charge on any atom is -0.481 e. The highest BCUT2D eigenvalue weighted by Gasteiger charge is 2.54. The normalized spacial score (nSPS) is 14.3. The van der Waals surface area contributed by atoms with E-state index in [2.05, 4.69) is 4.98 Å². The molecule has 2 aromatic carbocycles. The standard InChI is InChI=1S/C19H15NO8/c21-14(22)8-19(18(26)27,16(23)17(24)25)28-13-7-3-6-12-15(13)11-5-2-1-4-10(11)9-20-12/h1-7,9,16,23H,8H2,(H,21,22)(H,24,25)(H,26,27). The van der Waals surface area contributed by atoms with Gasteiger partial charge in [0.05, 0.1) is 17.3 Å². The van der Waals surface area contributed by atoms with Crippen LogP contribution in [-0.2, 0) is 14.4 Å². The summed E-state index contributed by atoms with van der Waals surface area (Å²) < 4.78 is 5.47. The van der Waals surface area contributed by atoms with Gasteiger partial charge in [-0.25, -0.2) is 9.59 Å². The van der Waals surface area contributed by atoms with E-state index in [-0.39, 0.29) is 5.75 Å². The van der Waals surface area contributed by atoms with Gasteiger partial charge in [-0.1, -0.05) is 30.3 Å². The van der Waals surface area contributed by atoms with Gasteiger partial charge < -0.3 is 25.2 Å². The Morgan fingerprint density at radius 2 is 1.75 bits per heavy atom. The van der Waals surface area contributed by atoms with Crippen molar-refractivity contribution in [2.45, 2.75) is 18.1 Å². The number of aliphatic hydroxyl groups is 1. The van der Waals surface area contributed by atoms with Crippen LogP contribution >= 0.6 is 0 Å². The van der Waals surface area contributed by atoms with Gasteiger partial charge in [-0.2, -0.15) is 0 Å². The molecule has 9 heteroatoms. The number of hydrogen-bond acceptors (Lipinski definition) is 6. The van der Waals surface area contributed by atoms with Crippen molar-refractivity contribution in [3.8, 4) is 5.75 Å². The van der Waals surface area contributed by atoms with Crippen molar-refractivity contribution in [3.63, 3.8) is 0 Å². The quantitative estimate of drug-likeness (QED) is 0.443. The molecule has 0 aliphatic heterocycles. The van der Waals surface area contributed by atoms with Gasteiger partial charge in [0.15, 0.2) is 0 Å². The Morgan fingerprint density at radius 1 is 1.04 bits per heavy atom. The van der Waals surface area contributed by atoms with E-state index in [4.69, 9.17) is 14.9 Å². The molecule has 0 radical (unpaired) electrons. The molecule has 4 N–H and O–H groups in total. The summed E-state index contributed by atoms with van der Waals surface area (Å²) in [5.41, 5.74) is -2.52. The number of aliphatic carboxylic acids is 3. The van der Waals surface area contributed by atoms with E-state index in [1.807, 2.05) is 0 Å². The second kappa shape index (κ2) is 7.12. The Kier molecular flexibility index (Phi) is 4.85. The molecular weight excluding hydrogens is 370 g/mol. The van der Waals surface area contributed by atoms with E-state index in [0.29, 0.717) is 21.7 Å². The minimum atomic E-state index is -2.94. The van der Waals surface area contributed by atoms with Crippen LogP contribution in [0.25, 0.3) is 21.7 Å². The molecule has 1 heterocycles. The molecule has 28 heavy (non-hydrogen) atoms. The van der Waals surface area contributed by atoms with Crippen molar-refractivity contribution in [1.82, 2.24) is 4.98 Å². The molecule has 0 saturated heterocycles. The van der Waals surface area contributed by atoms with Crippen LogP contribution in [0.1, 0.15) is 6.42 Å². The smallest absolute Gasteiger partial charge is 0.352 e. The van der Waals surface area contributed by atoms with Crippen molar-refractivity contribution in [3.05, 3.63) is 48.7 Å². The highest BCUT2D eigenvalue weighted by atomic mass is 16.5. The van der Waals surface area contributed by atoms with Gasteiger partial charge in [0, 0.05) is 11.6 Å². The zero-order chi connectivity index (χ0) is 20.5. The molecule has 0 aliphatic rings. The van der Waals surface area contributed by atoms with Crippen LogP contribution < -0.4 is 4.74 Å². The van der Waals surface area contributed by atoms with E-state index in [1.54, 1.807) is 36.5 Å². The number of hydrogen-bond donors (Lipinski definition) is 4. The van der Waals surface area contributed by atoms with Crippen molar-refractivity contribution in [2.24, 2.45) is 0 Å². The van der Waals surface area contributed by atoms with Gasteiger partial charge in [0.2, 0.25) is 6.10 Å². The summed E-state index contributed by atoms with van der Waals surface area (Å²) in [6.07, 6.45) is -2.29. The van der Waals surface area contributed by atoms with E-state index in [0.717, 1.165) is 0 Å². The molecule has 0 aliphatic carbocycles. The summed E-state index contributed by atoms with van der Waals surface area (Å²) in [4.78, 5) is 38.7. The number of pyridine rings is 1. The predicted molar refractivity (Wildman–Crippen MR) is 96.1 cm³/mol. The van der Waals surface area contributed by atoms with Crippen molar-refractivity contribution in [1.29, 1.82) is 0 Å². The number of carbonyl (C=O) groups is 3. The third-order valence-electron chi connectivity index (χ3n) is 4.32. The average Bonchev–Trinajstić information content (AvgIpc) is 2.66. The predicted octanol–water partition coefficient (Wildman–Crippen LogP) is 1.51. The minimum absolute atomic E-state index is 0.106. The Balaban J connectivity index is 2.27. The highest BCUT2D eigenvalue weighted by molar-refractivity contribution is 6.08. The number of ether oxygens (including phenoxy) is 1. The zero-order valence-electron chi connectivity index (χ0n) is 14.3. The topological polar surface area (TPSA) is 154 Å². The maximum Gasteiger partial charge on any atom is 0.352 e. The maximum atomic E-state index is 11.9. The van der Waals surface area contributed by atoms with Crippen LogP contribution in [-0.4, -0.2) is 55.0 Å². The molecule has 0 amide bonds. The lowest BCUT2D eigenvalue weighted by atomic mass is 9.92. The maximum absolute atomic E-state index is 11.9. The zero-order valence-corrected chi connectivity index (χ0v) is 14.3. The monoisotopic (exact) mass is 385 g/mol. The summed E-state index contributed by atoms with van der Waals surface area (Å²) in [5.74, 6) is -5.60. The van der Waals surface area contributed by atoms with Crippen LogP contribution in [0.3, 0.4) is 0 Å². The first-order chi connectivity index (χ1) is 13.3. The molecule has 1 aromatic heterocycles. The van der Waals surface area contributed by atoms with Gasteiger partial charge in [0.1, 0.15) is 5.75 Å². The number of fused-ring (bicyclic) bond motifs is 3. The Labute approximate surface area is 157 Å². The number of rotatable bonds is 7. The average molecular weight is 385 g/mol. The van der Waals surface area contributed by atoms with E-state index >= 15 is 0 Å². The largest absolute Gasteiger partial charge is 0.481 e. The molecule has 0 fully saturated rings. The molecule has 0 spiro atoms. The molecule has 144 valence electrons. The number of aromatic nitrogens is 1. The molecule has 3 rings (SSSR count). The number of carboxylic acid groups (broad SMARTS) is 3. The molecule has 2 atom stereocenters. The molecule has 2 unspecified atom stereocenters. The lowest BCUT2D eigenvalue weighted by Crippen LogP contribution is -2.58. The second-order valence-electron chi connectivity index (χ2n) is 6.10. The fraction of sp³-hybridized carbons (Fsp3) is 0.158. The number of aliphatic hydroxyl groups excluding tert-OH is 1. The van der Waals surface area contributed by atoms with Crippen LogP contribution in [0, 0.1) is 0 Å². The van der Waals surface area contributed by atoms with Gasteiger partial charge in [-0.05, 0) is 17.5 Å². The van der Waals surface area contributed by atoms with Crippen molar-refractivity contribution < 1.29 is 39.5 Å². The fourth-order valence-corrected chi connectivity index (χ4v) is 3.00. The van der Waals surface area contributed by atoms with Gasteiger partial charge in [-0.3, -0.25) is 9.78 Å². The first-order valence-corrected chi connectivity index (χ1v) is 8.08. The van der Waals surface area contributed by atoms with Crippen LogP contribution in [0.15, 0.2) is 48.7 Å². The van der Waals surface area contributed by atoms with Crippen LogP contribution in [0.4, 0.5) is 0 Å². The molecule has 3 aromatic rings. The summed E-state index contributed by atoms with van der Waals surface area (Å²) >= 11 is 0. The molecule has 0 bridgehead atoms. The number of carboxylic acids is 3. The number of benzene rings is 2. The third-order valence-corrected chi connectivity index (χ3v) is 4.32. The Bertz CT molecular complexity index is 1100. The van der Waals surface area contributed by atoms with Crippen molar-refractivity contribution in [2.75, 3.05) is 0 Å². The van der Waals surface area contributed by atoms with Gasteiger partial charge in [-0.15, -0.1) is 0 Å². The van der Waals surface area contributed by atoms with E-state index in [9.17, 15) is 24.6 Å². The molecular formula is C19H15NO8. The Hall–Kier alpha value is -3.72. The molecule has 0 saturated carbocycles. The number of nitrogens with zero attached hydrogens (tertiary/aromatic N) is 1. The highest BCUT2D eigenvalue weighted by Crippen LogP contribution is 2.35. The Morgan fingerprint density at radius 3 is 2.39 bits per heavy atom. The first kappa shape index (κ1) is 19.1. The van der Waals surface area contributed by atoms with Gasteiger partial charge in [0.25, 0.3) is 5.60 Å².